The molecule has 1 amide bonds. The number of halogens is 1. The number of nitrogens with one attached hydrogen (secondary N) is 1. The molecule has 3 rings (SSSR count). The molecule has 1 N–H and O–H groups in total. The average molecular weight is 495 g/mol. The van der Waals surface area contributed by atoms with Gasteiger partial charge in [0.25, 0.3) is 0 Å². The second-order valence-corrected chi connectivity index (χ2v) is 11.1. The topological polar surface area (TPSA) is 84.3 Å². The summed E-state index contributed by atoms with van der Waals surface area (Å²) in [5.74, 6) is 1.50. The van der Waals surface area contributed by atoms with Crippen LogP contribution < -0.4 is 5.32 Å². The fraction of sp³-hybridized carbons (Fsp3) is 0.364. The monoisotopic (exact) mass is 494 g/mol. The Kier molecular flexibility index (Phi) is 8.21. The van der Waals surface area contributed by atoms with Gasteiger partial charge in [0.1, 0.15) is 5.82 Å². The van der Waals surface area contributed by atoms with Gasteiger partial charge < -0.3 is 9.88 Å². The maximum Gasteiger partial charge on any atom is 0.242 e. The Balaban J connectivity index is 1.58. The number of sulfonamides is 1. The highest BCUT2D eigenvalue weighted by Gasteiger charge is 2.19. The molecule has 0 bridgehead atoms. The molecule has 0 radical (unpaired) electrons. The Morgan fingerprint density at radius 2 is 1.91 bits per heavy atom. The third kappa shape index (κ3) is 5.83. The summed E-state index contributed by atoms with van der Waals surface area (Å²) in [5, 5.41) is 3.64. The summed E-state index contributed by atoms with van der Waals surface area (Å²) in [6, 6.07) is 12.6. The maximum absolute atomic E-state index is 12.4. The SMILES string of the molecule is CCn1c(CCC(=O)NCCSc2ccc(Cl)cc2)nc2cc(S(=O)(=O)N(C)C)ccc21. The van der Waals surface area contributed by atoms with Crippen LogP contribution in [0.2, 0.25) is 5.02 Å². The number of benzene rings is 2. The number of carbonyl (C=O) groups is 1. The molecule has 32 heavy (non-hydrogen) atoms. The molecule has 0 spiro atoms. The zero-order chi connectivity index (χ0) is 23.3. The second kappa shape index (κ2) is 10.7. The first kappa shape index (κ1) is 24.6. The fourth-order valence-corrected chi connectivity index (χ4v) is 5.09. The first-order valence-corrected chi connectivity index (χ1v) is 13.1. The molecule has 0 fully saturated rings. The zero-order valence-corrected chi connectivity index (χ0v) is 20.7. The average Bonchev–Trinajstić information content (AvgIpc) is 3.13. The molecule has 0 aliphatic heterocycles. The van der Waals surface area contributed by atoms with Crippen molar-refractivity contribution < 1.29 is 13.2 Å². The van der Waals surface area contributed by atoms with Crippen LogP contribution in [0.15, 0.2) is 52.3 Å². The van der Waals surface area contributed by atoms with E-state index < -0.39 is 10.0 Å². The van der Waals surface area contributed by atoms with Crippen molar-refractivity contribution in [1.29, 1.82) is 0 Å². The van der Waals surface area contributed by atoms with Crippen molar-refractivity contribution in [3.63, 3.8) is 0 Å². The van der Waals surface area contributed by atoms with Crippen molar-refractivity contribution in [3.05, 3.63) is 53.3 Å². The van der Waals surface area contributed by atoms with Crippen molar-refractivity contribution in [1.82, 2.24) is 19.2 Å². The van der Waals surface area contributed by atoms with Crippen molar-refractivity contribution in [2.45, 2.75) is 36.1 Å². The second-order valence-electron chi connectivity index (χ2n) is 7.36. The Labute approximate surface area is 198 Å². The molecule has 0 unspecified atom stereocenters. The molecular weight excluding hydrogens is 468 g/mol. The molecule has 1 heterocycles. The summed E-state index contributed by atoms with van der Waals surface area (Å²) < 4.78 is 28.0. The van der Waals surface area contributed by atoms with Crippen LogP contribution in [0.3, 0.4) is 0 Å². The lowest BCUT2D eigenvalue weighted by atomic mass is 10.3. The van der Waals surface area contributed by atoms with Gasteiger partial charge in [0.05, 0.1) is 15.9 Å². The van der Waals surface area contributed by atoms with Crippen LogP contribution >= 0.6 is 23.4 Å². The quantitative estimate of drug-likeness (QED) is 0.342. The van der Waals surface area contributed by atoms with E-state index in [4.69, 9.17) is 11.6 Å². The first-order valence-electron chi connectivity index (χ1n) is 10.3. The smallest absolute Gasteiger partial charge is 0.242 e. The molecule has 0 atom stereocenters. The van der Waals surface area contributed by atoms with E-state index in [9.17, 15) is 13.2 Å². The number of aryl methyl sites for hydroxylation is 2. The van der Waals surface area contributed by atoms with E-state index in [0.717, 1.165) is 22.0 Å². The summed E-state index contributed by atoms with van der Waals surface area (Å²) in [6.07, 6.45) is 0.798. The minimum atomic E-state index is -3.53. The van der Waals surface area contributed by atoms with Gasteiger partial charge in [-0.25, -0.2) is 17.7 Å². The molecule has 10 heteroatoms. The van der Waals surface area contributed by atoms with Crippen LogP contribution in [-0.4, -0.2) is 54.6 Å². The summed E-state index contributed by atoms with van der Waals surface area (Å²) >= 11 is 7.54. The lowest BCUT2D eigenvalue weighted by Gasteiger charge is -2.11. The van der Waals surface area contributed by atoms with E-state index in [-0.39, 0.29) is 10.8 Å². The van der Waals surface area contributed by atoms with Gasteiger partial charge in [0, 0.05) is 55.7 Å². The van der Waals surface area contributed by atoms with Gasteiger partial charge in [-0.15, -0.1) is 11.8 Å². The number of imidazole rings is 1. The molecule has 0 saturated heterocycles. The molecule has 0 aliphatic rings. The van der Waals surface area contributed by atoms with Crippen LogP contribution in [0.5, 0.6) is 0 Å². The number of hydrogen-bond acceptors (Lipinski definition) is 5. The Morgan fingerprint density at radius 1 is 1.19 bits per heavy atom. The Bertz CT molecular complexity index is 1190. The van der Waals surface area contributed by atoms with Crippen molar-refractivity contribution in [2.24, 2.45) is 0 Å². The highest BCUT2D eigenvalue weighted by atomic mass is 35.5. The van der Waals surface area contributed by atoms with Crippen molar-refractivity contribution in [2.75, 3.05) is 26.4 Å². The Hall–Kier alpha value is -2.07. The van der Waals surface area contributed by atoms with E-state index in [2.05, 4.69) is 10.3 Å². The fourth-order valence-electron chi connectivity index (χ4n) is 3.28. The van der Waals surface area contributed by atoms with E-state index in [1.54, 1.807) is 30.0 Å². The number of nitrogens with zero attached hydrogens (tertiary/aromatic N) is 3. The molecule has 172 valence electrons. The van der Waals surface area contributed by atoms with Crippen LogP contribution in [0.4, 0.5) is 0 Å². The predicted octanol–water partition coefficient (Wildman–Crippen LogP) is 3.80. The number of rotatable bonds is 10. The molecule has 1 aromatic heterocycles. The minimum absolute atomic E-state index is 0.0349. The summed E-state index contributed by atoms with van der Waals surface area (Å²) in [4.78, 5) is 18.2. The number of aromatic nitrogens is 2. The highest BCUT2D eigenvalue weighted by Crippen LogP contribution is 2.23. The van der Waals surface area contributed by atoms with Gasteiger partial charge in [-0.2, -0.15) is 0 Å². The number of fused-ring (bicyclic) bond motifs is 1. The van der Waals surface area contributed by atoms with E-state index >= 15 is 0 Å². The molecule has 3 aromatic rings. The van der Waals surface area contributed by atoms with Crippen molar-refractivity contribution in [3.8, 4) is 0 Å². The lowest BCUT2D eigenvalue weighted by molar-refractivity contribution is -0.120. The van der Waals surface area contributed by atoms with Crippen LogP contribution in [0.1, 0.15) is 19.2 Å². The van der Waals surface area contributed by atoms with Crippen LogP contribution in [0, 0.1) is 0 Å². The van der Waals surface area contributed by atoms with Gasteiger partial charge in [0.15, 0.2) is 0 Å². The van der Waals surface area contributed by atoms with Gasteiger partial charge in [0.2, 0.25) is 15.9 Å². The van der Waals surface area contributed by atoms with Crippen LogP contribution in [0.25, 0.3) is 11.0 Å². The van der Waals surface area contributed by atoms with Gasteiger partial charge >= 0.3 is 0 Å². The molecule has 7 nitrogen and oxygen atoms in total. The Morgan fingerprint density at radius 3 is 2.56 bits per heavy atom. The van der Waals surface area contributed by atoms with E-state index in [0.29, 0.717) is 36.5 Å². The zero-order valence-electron chi connectivity index (χ0n) is 18.3. The maximum atomic E-state index is 12.4. The van der Waals surface area contributed by atoms with E-state index in [1.807, 2.05) is 35.8 Å². The third-order valence-corrected chi connectivity index (χ3v) is 8.05. The minimum Gasteiger partial charge on any atom is -0.355 e. The summed E-state index contributed by atoms with van der Waals surface area (Å²) in [7, 11) is -0.524. The van der Waals surface area contributed by atoms with Gasteiger partial charge in [-0.05, 0) is 49.4 Å². The molecular formula is C22H27ClN4O3S2. The van der Waals surface area contributed by atoms with E-state index in [1.165, 1.54) is 18.4 Å². The first-order chi connectivity index (χ1) is 15.2. The number of thioether (sulfide) groups is 1. The predicted molar refractivity (Wildman–Crippen MR) is 130 cm³/mol. The van der Waals surface area contributed by atoms with Gasteiger partial charge in [-0.3, -0.25) is 4.79 Å². The summed E-state index contributed by atoms with van der Waals surface area (Å²) in [6.45, 7) is 3.26. The molecule has 0 aliphatic carbocycles. The lowest BCUT2D eigenvalue weighted by Crippen LogP contribution is -2.26. The largest absolute Gasteiger partial charge is 0.355 e. The van der Waals surface area contributed by atoms with Crippen LogP contribution in [-0.2, 0) is 27.8 Å². The normalized spacial score (nSPS) is 11.9. The molecule has 0 saturated carbocycles. The third-order valence-electron chi connectivity index (χ3n) is 4.98. The standard InChI is InChI=1S/C22H27ClN4O3S2/c1-4-27-20-10-9-18(32(29,30)26(2)3)15-19(20)25-21(27)11-12-22(28)24-13-14-31-17-7-5-16(23)6-8-17/h5-10,15H,4,11-14H2,1-3H3,(H,24,28). The number of hydrogen-bond donors (Lipinski definition) is 1. The number of amides is 1. The molecule has 2 aromatic carbocycles. The summed E-state index contributed by atoms with van der Waals surface area (Å²) in [5.41, 5.74) is 1.48. The highest BCUT2D eigenvalue weighted by molar-refractivity contribution is 7.99. The van der Waals surface area contributed by atoms with Gasteiger partial charge in [-0.1, -0.05) is 11.6 Å². The number of carbonyl (C=O) groups excluding carboxylic acids is 1. The van der Waals surface area contributed by atoms with Crippen molar-refractivity contribution >= 4 is 50.3 Å².